The molecule has 4 heteroatoms. The molecule has 2 fully saturated rings. The van der Waals surface area contributed by atoms with E-state index in [2.05, 4.69) is 37.1 Å². The van der Waals surface area contributed by atoms with Crippen LogP contribution in [0.4, 0.5) is 0 Å². The van der Waals surface area contributed by atoms with Crippen LogP contribution in [-0.2, 0) is 9.53 Å². The minimum atomic E-state index is -0.0617. The second-order valence-corrected chi connectivity index (χ2v) is 8.03. The molecule has 28 heavy (non-hydrogen) atoms. The molecule has 0 radical (unpaired) electrons. The number of ether oxygens (including phenoxy) is 1. The highest BCUT2D eigenvalue weighted by atomic mass is 16.5. The van der Waals surface area contributed by atoms with E-state index in [1.165, 1.54) is 0 Å². The average molecular weight is 372 g/mol. The van der Waals surface area contributed by atoms with Crippen LogP contribution in [0.25, 0.3) is 17.2 Å². The fraction of sp³-hybridized carbons (Fsp3) is 0.375. The Kier molecular flexibility index (Phi) is 5.00. The number of nitrogens with zero attached hydrogens (tertiary/aromatic N) is 2. The summed E-state index contributed by atoms with van der Waals surface area (Å²) in [5, 5.41) is 9.29. The smallest absolute Gasteiger partial charge is 0.306 e. The van der Waals surface area contributed by atoms with Crippen molar-refractivity contribution in [2.45, 2.75) is 32.8 Å². The third-order valence-corrected chi connectivity index (χ3v) is 6.40. The van der Waals surface area contributed by atoms with Gasteiger partial charge >= 0.3 is 5.97 Å². The molecule has 0 bridgehead atoms. The van der Waals surface area contributed by atoms with Crippen molar-refractivity contribution < 1.29 is 9.53 Å². The average Bonchev–Trinajstić information content (AvgIpc) is 3.08. The molecule has 1 aliphatic carbocycles. The van der Waals surface area contributed by atoms with Crippen LogP contribution in [0.2, 0.25) is 0 Å². The summed E-state index contributed by atoms with van der Waals surface area (Å²) in [6.45, 7) is 4.52. The van der Waals surface area contributed by atoms with Crippen LogP contribution in [0.5, 0.6) is 0 Å². The summed E-state index contributed by atoms with van der Waals surface area (Å²) < 4.78 is 5.54. The zero-order chi connectivity index (χ0) is 19.7. The summed E-state index contributed by atoms with van der Waals surface area (Å²) in [6.07, 6.45) is 7.63. The molecule has 2 aliphatic rings. The van der Waals surface area contributed by atoms with E-state index in [-0.39, 0.29) is 18.0 Å². The second-order valence-electron chi connectivity index (χ2n) is 8.03. The maximum absolute atomic E-state index is 11.8. The zero-order valence-electron chi connectivity index (χ0n) is 16.2. The van der Waals surface area contributed by atoms with Crippen molar-refractivity contribution in [1.29, 1.82) is 5.26 Å². The van der Waals surface area contributed by atoms with E-state index in [9.17, 15) is 10.1 Å². The lowest BCUT2D eigenvalue weighted by molar-refractivity contribution is -0.142. The highest BCUT2D eigenvalue weighted by Gasteiger charge is 2.46. The Balaban J connectivity index is 1.54. The van der Waals surface area contributed by atoms with Gasteiger partial charge in [-0.25, -0.2) is 0 Å². The topological polar surface area (TPSA) is 63.0 Å². The summed E-state index contributed by atoms with van der Waals surface area (Å²) in [6, 6.07) is 13.8. The third kappa shape index (κ3) is 3.45. The molecule has 4 nitrogen and oxygen atoms in total. The number of benzene rings is 1. The van der Waals surface area contributed by atoms with Gasteiger partial charge in [0.1, 0.15) is 6.10 Å². The Bertz CT molecular complexity index is 942. The predicted molar refractivity (Wildman–Crippen MR) is 108 cm³/mol. The molecule has 2 aromatic rings. The van der Waals surface area contributed by atoms with Crippen molar-refractivity contribution in [3.63, 3.8) is 0 Å². The fourth-order valence-electron chi connectivity index (χ4n) is 4.61. The molecule has 1 saturated heterocycles. The fourth-order valence-corrected chi connectivity index (χ4v) is 4.61. The largest absolute Gasteiger partial charge is 0.462 e. The van der Waals surface area contributed by atoms with E-state index in [1.54, 1.807) is 0 Å². The molecular formula is C24H24N2O2. The Hall–Kier alpha value is -2.93. The molecule has 0 amide bonds. The van der Waals surface area contributed by atoms with Gasteiger partial charge in [-0.3, -0.25) is 9.78 Å². The Labute approximate surface area is 165 Å². The van der Waals surface area contributed by atoms with Gasteiger partial charge in [-0.2, -0.15) is 5.26 Å². The van der Waals surface area contributed by atoms with Crippen LogP contribution in [0.1, 0.15) is 37.9 Å². The number of aromatic nitrogens is 1. The van der Waals surface area contributed by atoms with Gasteiger partial charge in [0.15, 0.2) is 0 Å². The van der Waals surface area contributed by atoms with Gasteiger partial charge in [0, 0.05) is 23.2 Å². The molecule has 4 rings (SSSR count). The summed E-state index contributed by atoms with van der Waals surface area (Å²) in [5.74, 6) is 1.57. The van der Waals surface area contributed by atoms with E-state index in [0.717, 1.165) is 23.2 Å². The van der Waals surface area contributed by atoms with E-state index >= 15 is 0 Å². The maximum Gasteiger partial charge on any atom is 0.306 e. The quantitative estimate of drug-likeness (QED) is 0.722. The monoisotopic (exact) mass is 372 g/mol. The standard InChI is InChI=1S/C24H24N2O2/c1-15-11-23-22(12-24(27)28-23)20(16(15)2)10-9-19-8-7-18(14-26-19)21-6-4-3-5-17(21)13-25/h3-10,14-16,20,22-23H,11-12H2,1-2H3/b10-9+/t15-,16+,20-,22-,23+/m0/s1. The van der Waals surface area contributed by atoms with Gasteiger partial charge in [0.05, 0.1) is 23.7 Å². The number of fused-ring (bicyclic) bond motifs is 1. The summed E-state index contributed by atoms with van der Waals surface area (Å²) in [7, 11) is 0. The second kappa shape index (κ2) is 7.59. The third-order valence-electron chi connectivity index (χ3n) is 6.40. The van der Waals surface area contributed by atoms with Crippen LogP contribution in [-0.4, -0.2) is 17.1 Å². The normalized spacial score (nSPS) is 29.3. The van der Waals surface area contributed by atoms with E-state index in [1.807, 2.05) is 42.6 Å². The van der Waals surface area contributed by atoms with E-state index < -0.39 is 0 Å². The van der Waals surface area contributed by atoms with Crippen molar-refractivity contribution in [3.8, 4) is 17.2 Å². The van der Waals surface area contributed by atoms with Crippen molar-refractivity contribution in [1.82, 2.24) is 4.98 Å². The first-order valence-electron chi connectivity index (χ1n) is 9.90. The lowest BCUT2D eigenvalue weighted by Gasteiger charge is -2.39. The number of allylic oxidation sites excluding steroid dienone is 1. The SMILES string of the molecule is C[C@H]1[C@H](/C=C/c2ccc(-c3ccccc3C#N)cn2)[C@@H]2CC(=O)O[C@@H]2C[C@@H]1C. The lowest BCUT2D eigenvalue weighted by Crippen LogP contribution is -2.38. The minimum absolute atomic E-state index is 0.0613. The molecule has 0 N–H and O–H groups in total. The Morgan fingerprint density at radius 3 is 2.79 bits per heavy atom. The minimum Gasteiger partial charge on any atom is -0.462 e. The molecule has 0 spiro atoms. The number of hydrogen-bond acceptors (Lipinski definition) is 4. The van der Waals surface area contributed by atoms with Gasteiger partial charge in [-0.05, 0) is 42.4 Å². The first-order chi connectivity index (χ1) is 13.6. The van der Waals surface area contributed by atoms with Crippen LogP contribution in [0, 0.1) is 35.0 Å². The van der Waals surface area contributed by atoms with Gasteiger partial charge in [-0.15, -0.1) is 0 Å². The Morgan fingerprint density at radius 1 is 1.21 bits per heavy atom. The molecule has 1 aromatic carbocycles. The summed E-state index contributed by atoms with van der Waals surface area (Å²) in [5.41, 5.74) is 3.36. The number of rotatable bonds is 3. The van der Waals surface area contributed by atoms with Crippen LogP contribution in [0.15, 0.2) is 48.7 Å². The van der Waals surface area contributed by atoms with Crippen molar-refractivity contribution in [3.05, 3.63) is 59.9 Å². The maximum atomic E-state index is 11.8. The number of carbonyl (C=O) groups is 1. The van der Waals surface area contributed by atoms with Gasteiger partial charge in [0.25, 0.3) is 0 Å². The van der Waals surface area contributed by atoms with Gasteiger partial charge < -0.3 is 4.74 Å². The molecular weight excluding hydrogens is 348 g/mol. The van der Waals surface area contributed by atoms with Crippen molar-refractivity contribution in [2.24, 2.45) is 23.7 Å². The number of esters is 1. The molecule has 0 unspecified atom stereocenters. The van der Waals surface area contributed by atoms with E-state index in [4.69, 9.17) is 4.74 Å². The molecule has 2 heterocycles. The molecule has 5 atom stereocenters. The van der Waals surface area contributed by atoms with E-state index in [0.29, 0.717) is 29.7 Å². The molecule has 142 valence electrons. The zero-order valence-corrected chi connectivity index (χ0v) is 16.2. The lowest BCUT2D eigenvalue weighted by atomic mass is 9.66. The number of nitriles is 1. The van der Waals surface area contributed by atoms with Crippen molar-refractivity contribution in [2.75, 3.05) is 0 Å². The number of pyridine rings is 1. The van der Waals surface area contributed by atoms with Crippen LogP contribution in [0.3, 0.4) is 0 Å². The molecule has 1 saturated carbocycles. The van der Waals surface area contributed by atoms with Gasteiger partial charge in [0.2, 0.25) is 0 Å². The molecule has 1 aliphatic heterocycles. The summed E-state index contributed by atoms with van der Waals surface area (Å²) in [4.78, 5) is 16.4. The van der Waals surface area contributed by atoms with Crippen LogP contribution < -0.4 is 0 Å². The first-order valence-corrected chi connectivity index (χ1v) is 9.90. The number of carbonyl (C=O) groups excluding carboxylic acids is 1. The van der Waals surface area contributed by atoms with Gasteiger partial charge in [-0.1, -0.05) is 44.2 Å². The first kappa shape index (κ1) is 18.4. The highest BCUT2D eigenvalue weighted by Crippen LogP contribution is 2.45. The number of hydrogen-bond donors (Lipinski definition) is 0. The highest BCUT2D eigenvalue weighted by molar-refractivity contribution is 5.72. The van der Waals surface area contributed by atoms with Crippen molar-refractivity contribution >= 4 is 12.0 Å². The van der Waals surface area contributed by atoms with Crippen LogP contribution >= 0.6 is 0 Å². The molecule has 1 aromatic heterocycles. The Morgan fingerprint density at radius 2 is 2.04 bits per heavy atom. The summed E-state index contributed by atoms with van der Waals surface area (Å²) >= 11 is 0. The predicted octanol–water partition coefficient (Wildman–Crippen LogP) is 4.86.